The minimum absolute atomic E-state index is 0. The molecule has 2 radical (unpaired) electrons. The predicted octanol–water partition coefficient (Wildman–Crippen LogP) is -0.101. The summed E-state index contributed by atoms with van der Waals surface area (Å²) < 4.78 is 4.20. The number of esters is 1. The third kappa shape index (κ3) is 8.69. The van der Waals surface area contributed by atoms with Crippen LogP contribution in [0.3, 0.4) is 0 Å². The van der Waals surface area contributed by atoms with Gasteiger partial charge in [0.2, 0.25) is 0 Å². The van der Waals surface area contributed by atoms with E-state index in [9.17, 15) is 4.79 Å². The van der Waals surface area contributed by atoms with Crippen molar-refractivity contribution in [2.45, 2.75) is 19.8 Å². The summed E-state index contributed by atoms with van der Waals surface area (Å²) in [4.78, 5) is 10.3. The van der Waals surface area contributed by atoms with Crippen molar-refractivity contribution in [3.8, 4) is 0 Å². The van der Waals surface area contributed by atoms with Gasteiger partial charge >= 0.3 is 5.97 Å². The Labute approximate surface area is 84.4 Å². The van der Waals surface area contributed by atoms with E-state index in [1.165, 1.54) is 0 Å². The van der Waals surface area contributed by atoms with Gasteiger partial charge in [0.1, 0.15) is 0 Å². The summed E-state index contributed by atoms with van der Waals surface area (Å²) in [6.07, 6.45) is 1.15. The van der Waals surface area contributed by atoms with Crippen molar-refractivity contribution in [3.05, 3.63) is 0 Å². The molecule has 0 atom stereocenters. The van der Waals surface area contributed by atoms with E-state index in [1.54, 1.807) is 0 Å². The molecule has 0 aromatic carbocycles. The topological polar surface area (TPSA) is 46.5 Å². The number of carbonyl (C=O) groups is 1. The van der Waals surface area contributed by atoms with Crippen molar-refractivity contribution in [2.75, 3.05) is 6.79 Å². The van der Waals surface area contributed by atoms with E-state index in [2.05, 4.69) is 4.74 Å². The van der Waals surface area contributed by atoms with Crippen molar-refractivity contribution in [1.82, 2.24) is 0 Å². The summed E-state index contributed by atoms with van der Waals surface area (Å²) in [6.45, 7) is 1.37. The fourth-order valence-corrected chi connectivity index (χ4v) is 0.348. The Morgan fingerprint density at radius 1 is 1.67 bits per heavy atom. The number of rotatable bonds is 3. The first kappa shape index (κ1) is 12.4. The summed E-state index contributed by atoms with van der Waals surface area (Å²) in [7, 11) is 0. The molecule has 9 heavy (non-hydrogen) atoms. The SMILES string of the molecule is CCCC(=O)OCO.[Ca]. The second-order valence-corrected chi connectivity index (χ2v) is 1.40. The summed E-state index contributed by atoms with van der Waals surface area (Å²) in [5.41, 5.74) is 0. The molecule has 0 aliphatic rings. The quantitative estimate of drug-likeness (QED) is 0.354. The Morgan fingerprint density at radius 3 is 2.56 bits per heavy atom. The Balaban J connectivity index is 0. The summed E-state index contributed by atoms with van der Waals surface area (Å²) in [5, 5.41) is 8.02. The van der Waals surface area contributed by atoms with Gasteiger partial charge in [-0.05, 0) is 6.42 Å². The largest absolute Gasteiger partial charge is 0.439 e. The van der Waals surface area contributed by atoms with Crippen molar-refractivity contribution in [2.24, 2.45) is 0 Å². The number of ether oxygens (including phenoxy) is 1. The van der Waals surface area contributed by atoms with Gasteiger partial charge in [0.25, 0.3) is 0 Å². The van der Waals surface area contributed by atoms with Crippen LogP contribution < -0.4 is 0 Å². The van der Waals surface area contributed by atoms with Crippen molar-refractivity contribution in [3.63, 3.8) is 0 Å². The van der Waals surface area contributed by atoms with Crippen LogP contribution in [-0.2, 0) is 9.53 Å². The molecule has 0 heterocycles. The van der Waals surface area contributed by atoms with Gasteiger partial charge < -0.3 is 9.84 Å². The third-order valence-electron chi connectivity index (χ3n) is 0.680. The van der Waals surface area contributed by atoms with Crippen LogP contribution in [0.25, 0.3) is 0 Å². The molecule has 0 saturated heterocycles. The molecule has 1 N–H and O–H groups in total. The fourth-order valence-electron chi connectivity index (χ4n) is 0.348. The van der Waals surface area contributed by atoms with E-state index in [-0.39, 0.29) is 43.7 Å². The second kappa shape index (κ2) is 8.69. The number of hydrogen-bond acceptors (Lipinski definition) is 3. The molecule has 0 bridgehead atoms. The summed E-state index contributed by atoms with van der Waals surface area (Å²) in [5.74, 6) is -0.338. The standard InChI is InChI=1S/C5H10O3.Ca/c1-2-3-5(7)8-4-6;/h6H,2-4H2,1H3;. The van der Waals surface area contributed by atoms with E-state index in [4.69, 9.17) is 5.11 Å². The maximum absolute atomic E-state index is 10.3. The zero-order valence-electron chi connectivity index (χ0n) is 5.59. The zero-order chi connectivity index (χ0) is 6.41. The van der Waals surface area contributed by atoms with Gasteiger partial charge in [-0.1, -0.05) is 6.92 Å². The molecule has 50 valence electrons. The van der Waals surface area contributed by atoms with E-state index in [0.717, 1.165) is 6.42 Å². The van der Waals surface area contributed by atoms with Crippen molar-refractivity contribution in [1.29, 1.82) is 0 Å². The van der Waals surface area contributed by atoms with E-state index < -0.39 is 6.79 Å². The van der Waals surface area contributed by atoms with Crippen molar-refractivity contribution < 1.29 is 14.6 Å². The summed E-state index contributed by atoms with van der Waals surface area (Å²) in [6, 6.07) is 0. The molecule has 3 nitrogen and oxygen atoms in total. The first-order valence-electron chi connectivity index (χ1n) is 2.57. The van der Waals surface area contributed by atoms with Gasteiger partial charge in [0.15, 0.2) is 6.79 Å². The minimum Gasteiger partial charge on any atom is -0.439 e. The third-order valence-corrected chi connectivity index (χ3v) is 0.680. The molecule has 0 saturated carbocycles. The number of carbonyl (C=O) groups excluding carboxylic acids is 1. The van der Waals surface area contributed by atoms with Gasteiger partial charge in [-0.25, -0.2) is 0 Å². The molecule has 0 aromatic rings. The average molecular weight is 158 g/mol. The van der Waals surface area contributed by atoms with Gasteiger partial charge in [-0.2, -0.15) is 0 Å². The molecule has 0 aromatic heterocycles. The van der Waals surface area contributed by atoms with Crippen LogP contribution in [0.2, 0.25) is 0 Å². The fraction of sp³-hybridized carbons (Fsp3) is 0.800. The Hall–Kier alpha value is 0.690. The zero-order valence-corrected chi connectivity index (χ0v) is 7.80. The Morgan fingerprint density at radius 2 is 2.22 bits per heavy atom. The van der Waals surface area contributed by atoms with Crippen LogP contribution in [0.1, 0.15) is 19.8 Å². The first-order chi connectivity index (χ1) is 3.81. The maximum Gasteiger partial charge on any atom is 0.307 e. The van der Waals surface area contributed by atoms with E-state index in [1.807, 2.05) is 6.92 Å². The molecule has 0 fully saturated rings. The predicted molar refractivity (Wildman–Crippen MR) is 33.8 cm³/mol. The van der Waals surface area contributed by atoms with Gasteiger partial charge in [-0.15, -0.1) is 0 Å². The number of aliphatic hydroxyl groups is 1. The van der Waals surface area contributed by atoms with Crippen LogP contribution in [0, 0.1) is 0 Å². The summed E-state index contributed by atoms with van der Waals surface area (Å²) >= 11 is 0. The van der Waals surface area contributed by atoms with Gasteiger partial charge in [0, 0.05) is 44.2 Å². The maximum atomic E-state index is 10.3. The average Bonchev–Trinajstić information content (AvgIpc) is 1.68. The normalized spacial score (nSPS) is 7.78. The van der Waals surface area contributed by atoms with E-state index in [0.29, 0.717) is 6.42 Å². The van der Waals surface area contributed by atoms with E-state index >= 15 is 0 Å². The molecule has 0 amide bonds. The molecule has 0 unspecified atom stereocenters. The van der Waals surface area contributed by atoms with Gasteiger partial charge in [-0.3, -0.25) is 4.79 Å². The Kier molecular flexibility index (Phi) is 11.9. The van der Waals surface area contributed by atoms with Crippen LogP contribution in [0.5, 0.6) is 0 Å². The number of aliphatic hydroxyl groups excluding tert-OH is 1. The van der Waals surface area contributed by atoms with Crippen LogP contribution in [0.4, 0.5) is 0 Å². The molecule has 0 aliphatic heterocycles. The van der Waals surface area contributed by atoms with Gasteiger partial charge in [0.05, 0.1) is 0 Å². The molecule has 0 rings (SSSR count). The van der Waals surface area contributed by atoms with Crippen LogP contribution in [0.15, 0.2) is 0 Å². The number of hydrogen-bond donors (Lipinski definition) is 1. The second-order valence-electron chi connectivity index (χ2n) is 1.40. The molecule has 0 spiro atoms. The van der Waals surface area contributed by atoms with Crippen molar-refractivity contribution >= 4 is 43.7 Å². The smallest absolute Gasteiger partial charge is 0.307 e. The molecular formula is C5H10CaO3. The molecular weight excluding hydrogens is 148 g/mol. The molecule has 4 heteroatoms. The van der Waals surface area contributed by atoms with Crippen LogP contribution in [-0.4, -0.2) is 55.6 Å². The minimum atomic E-state index is -0.501. The van der Waals surface area contributed by atoms with Crippen LogP contribution >= 0.6 is 0 Å². The first-order valence-corrected chi connectivity index (χ1v) is 2.57. The monoisotopic (exact) mass is 158 g/mol. The Bertz CT molecular complexity index is 66.6. The molecule has 0 aliphatic carbocycles.